The van der Waals surface area contributed by atoms with Crippen LogP contribution in [0.1, 0.15) is 0 Å². The van der Waals surface area contributed by atoms with Gasteiger partial charge in [0.1, 0.15) is 11.6 Å². The largest absolute Gasteiger partial charge is 0.309 e. The molecule has 0 N–H and O–H groups in total. The zero-order valence-electron chi connectivity index (χ0n) is 54.7. The second kappa shape index (κ2) is 23.3. The molecule has 0 saturated heterocycles. The van der Waals surface area contributed by atoms with Crippen molar-refractivity contribution in [3.05, 3.63) is 340 Å². The average Bonchev–Trinajstić information content (AvgIpc) is 1.55. The molecule has 8 heterocycles. The zero-order valence-corrected chi connectivity index (χ0v) is 56.4. The first-order chi connectivity index (χ1) is 50.6. The van der Waals surface area contributed by atoms with E-state index in [1.807, 2.05) is 28.7 Å². The van der Waals surface area contributed by atoms with Crippen molar-refractivity contribution in [2.45, 2.75) is 0 Å². The number of rotatable bonds is 8. The predicted octanol–water partition coefficient (Wildman–Crippen LogP) is 24.7. The molecule has 0 aliphatic heterocycles. The van der Waals surface area contributed by atoms with Crippen molar-refractivity contribution >= 4 is 150 Å². The van der Waals surface area contributed by atoms with E-state index >= 15 is 0 Å². The Hall–Kier alpha value is -13.1. The maximum Gasteiger partial charge on any atom is 0.162 e. The van der Waals surface area contributed by atoms with Crippen molar-refractivity contribution in [3.63, 3.8) is 0 Å². The Balaban J connectivity index is 0.000000133. The quantitative estimate of drug-likeness (QED) is 0.152. The van der Waals surface area contributed by atoms with E-state index in [2.05, 4.69) is 352 Å². The highest BCUT2D eigenvalue weighted by Crippen LogP contribution is 2.47. The summed E-state index contributed by atoms with van der Waals surface area (Å²) < 4.78 is 14.5. The molecule has 102 heavy (non-hydrogen) atoms. The minimum atomic E-state index is 0.702. The molecule has 0 fully saturated rings. The molecule has 0 aliphatic carbocycles. The van der Waals surface area contributed by atoms with Gasteiger partial charge in [0.2, 0.25) is 0 Å². The van der Waals surface area contributed by atoms with E-state index in [1.54, 1.807) is 0 Å². The van der Waals surface area contributed by atoms with Crippen molar-refractivity contribution in [2.24, 2.45) is 0 Å². The monoisotopic (exact) mass is 1340 g/mol. The third-order valence-corrected chi connectivity index (χ3v) is 22.6. The van der Waals surface area contributed by atoms with Crippen molar-refractivity contribution in [1.82, 2.24) is 38.2 Å². The van der Waals surface area contributed by atoms with E-state index in [-0.39, 0.29) is 0 Å². The molecular formula is C92H56N8S2. The third kappa shape index (κ3) is 9.06. The summed E-state index contributed by atoms with van der Waals surface area (Å²) in [7, 11) is 0. The predicted molar refractivity (Wildman–Crippen MR) is 429 cm³/mol. The molecule has 8 aromatic heterocycles. The molecule has 0 radical (unpaired) electrons. The number of thiophene rings is 2. The first-order valence-electron chi connectivity index (χ1n) is 34.4. The fourth-order valence-corrected chi connectivity index (χ4v) is 18.1. The molecule has 476 valence electrons. The van der Waals surface area contributed by atoms with Gasteiger partial charge in [0, 0.05) is 129 Å². The Morgan fingerprint density at radius 2 is 0.618 bits per heavy atom. The SMILES string of the molecule is c1ccc(-c2cc(-n3c4ccccc4c4ccc5c(c6ccccc6n5-c5ccccc5)c43)nc(-c3ccc4sc5ccccc5c4c3)n2)cc1.c1ccc(-c2cc(-n3c4ccccc4c4ccc5c(c6ccccc6n5-c5ccccc5)c43)nc(-c3cccc4sc5ccccc5c34)n2)cc1. The lowest BCUT2D eigenvalue weighted by atomic mass is 10.1. The van der Waals surface area contributed by atoms with Crippen molar-refractivity contribution in [2.75, 3.05) is 0 Å². The lowest BCUT2D eigenvalue weighted by Gasteiger charge is -2.13. The van der Waals surface area contributed by atoms with Gasteiger partial charge in [0.15, 0.2) is 11.6 Å². The molecule has 0 spiro atoms. The van der Waals surface area contributed by atoms with Gasteiger partial charge in [-0.15, -0.1) is 22.7 Å². The molecule has 0 saturated carbocycles. The van der Waals surface area contributed by atoms with Gasteiger partial charge in [-0.1, -0.05) is 231 Å². The van der Waals surface area contributed by atoms with Crippen LogP contribution >= 0.6 is 22.7 Å². The van der Waals surface area contributed by atoms with Crippen LogP contribution < -0.4 is 0 Å². The third-order valence-electron chi connectivity index (χ3n) is 20.3. The topological polar surface area (TPSA) is 71.3 Å². The van der Waals surface area contributed by atoms with Crippen LogP contribution in [0.3, 0.4) is 0 Å². The van der Waals surface area contributed by atoms with Crippen LogP contribution in [0.25, 0.3) is 196 Å². The summed E-state index contributed by atoms with van der Waals surface area (Å²) in [4.78, 5) is 21.5. The van der Waals surface area contributed by atoms with Crippen molar-refractivity contribution in [3.8, 4) is 68.3 Å². The van der Waals surface area contributed by atoms with Crippen LogP contribution in [-0.2, 0) is 0 Å². The molecule has 22 rings (SSSR count). The first-order valence-corrected chi connectivity index (χ1v) is 36.0. The Labute approximate surface area is 592 Å². The van der Waals surface area contributed by atoms with Crippen LogP contribution in [0.15, 0.2) is 340 Å². The molecule has 14 aromatic carbocycles. The van der Waals surface area contributed by atoms with Crippen LogP contribution in [0.4, 0.5) is 0 Å². The standard InChI is InChI=1S/2C46H28N4S/c1-3-14-29(15-4-1)36-28-42(48-46(47-36)35-21-13-25-41-43(35)34-20-9-12-24-40(34)51-41)50-37-22-10-7-18-31(37)32-26-27-39-44(45(32)50)33-19-8-11-23-38(33)49(39)30-16-5-2-6-17-30;1-3-13-29(14-4-1)37-28-43(48-46(47-37)30-23-26-42-36(27-30)33-18-9-12-22-41(33)51-42)50-38-20-10-7-17-32(38)34-24-25-40-44(45(34)50)35-19-8-11-21-39(35)49(40)31-15-5-2-6-16-31/h2*1-28H. The van der Waals surface area contributed by atoms with Gasteiger partial charge in [-0.3, -0.25) is 9.13 Å². The second-order valence-corrected chi connectivity index (χ2v) is 28.1. The van der Waals surface area contributed by atoms with Crippen molar-refractivity contribution in [1.29, 1.82) is 0 Å². The normalized spacial score (nSPS) is 11.9. The van der Waals surface area contributed by atoms with Gasteiger partial charge in [-0.25, -0.2) is 19.9 Å². The zero-order chi connectivity index (χ0) is 66.9. The lowest BCUT2D eigenvalue weighted by molar-refractivity contribution is 1.05. The van der Waals surface area contributed by atoms with E-state index in [0.29, 0.717) is 11.6 Å². The van der Waals surface area contributed by atoms with E-state index in [1.165, 1.54) is 94.5 Å². The fraction of sp³-hybridized carbons (Fsp3) is 0. The molecule has 0 aliphatic rings. The maximum absolute atomic E-state index is 5.51. The number of hydrogen-bond donors (Lipinski definition) is 0. The highest BCUT2D eigenvalue weighted by atomic mass is 32.1. The summed E-state index contributed by atoms with van der Waals surface area (Å²) in [6.07, 6.45) is 0. The van der Waals surface area contributed by atoms with Gasteiger partial charge in [0.05, 0.1) is 55.5 Å². The summed E-state index contributed by atoms with van der Waals surface area (Å²) in [6, 6.07) is 121. The number of nitrogens with zero attached hydrogens (tertiary/aromatic N) is 8. The summed E-state index contributed by atoms with van der Waals surface area (Å²) in [6.45, 7) is 0. The molecule has 22 aromatic rings. The highest BCUT2D eigenvalue weighted by molar-refractivity contribution is 7.26. The molecule has 0 atom stereocenters. The van der Waals surface area contributed by atoms with Crippen LogP contribution in [0.2, 0.25) is 0 Å². The number of benzene rings is 14. The van der Waals surface area contributed by atoms with E-state index in [9.17, 15) is 0 Å². The molecule has 0 amide bonds. The fourth-order valence-electron chi connectivity index (χ4n) is 15.9. The van der Waals surface area contributed by atoms with Gasteiger partial charge in [-0.2, -0.15) is 0 Å². The Morgan fingerprint density at radius 1 is 0.216 bits per heavy atom. The van der Waals surface area contributed by atoms with Crippen molar-refractivity contribution < 1.29 is 0 Å². The van der Waals surface area contributed by atoms with Crippen LogP contribution in [0.5, 0.6) is 0 Å². The first kappa shape index (κ1) is 57.9. The molecule has 0 unspecified atom stereocenters. The number of fused-ring (bicyclic) bond motifs is 20. The van der Waals surface area contributed by atoms with Crippen LogP contribution in [0, 0.1) is 0 Å². The minimum Gasteiger partial charge on any atom is -0.309 e. The lowest BCUT2D eigenvalue weighted by Crippen LogP contribution is -2.03. The van der Waals surface area contributed by atoms with E-state index in [0.717, 1.165) is 89.8 Å². The van der Waals surface area contributed by atoms with Gasteiger partial charge < -0.3 is 9.13 Å². The summed E-state index contributed by atoms with van der Waals surface area (Å²) in [5.74, 6) is 3.09. The number of hydrogen-bond acceptors (Lipinski definition) is 6. The highest BCUT2D eigenvalue weighted by Gasteiger charge is 2.26. The summed E-state index contributed by atoms with van der Waals surface area (Å²) in [5, 5.41) is 14.5. The Kier molecular flexibility index (Phi) is 13.2. The summed E-state index contributed by atoms with van der Waals surface area (Å²) in [5.41, 5.74) is 17.4. The summed E-state index contributed by atoms with van der Waals surface area (Å²) >= 11 is 3.64. The Bertz CT molecular complexity index is 7120. The number of para-hydroxylation sites is 6. The maximum atomic E-state index is 5.51. The minimum absolute atomic E-state index is 0.702. The molecule has 0 bridgehead atoms. The molecular weight excluding hydrogens is 1280 g/mol. The number of aromatic nitrogens is 8. The smallest absolute Gasteiger partial charge is 0.162 e. The van der Waals surface area contributed by atoms with E-state index < -0.39 is 0 Å². The Morgan fingerprint density at radius 3 is 1.16 bits per heavy atom. The van der Waals surface area contributed by atoms with E-state index in [4.69, 9.17) is 19.9 Å². The van der Waals surface area contributed by atoms with Crippen LogP contribution in [-0.4, -0.2) is 38.2 Å². The van der Waals surface area contributed by atoms with Gasteiger partial charge >= 0.3 is 0 Å². The second-order valence-electron chi connectivity index (χ2n) is 26.0. The molecule has 10 heteroatoms. The average molecular weight is 1340 g/mol. The molecule has 8 nitrogen and oxygen atoms in total. The van der Waals surface area contributed by atoms with Gasteiger partial charge in [0.25, 0.3) is 0 Å². The van der Waals surface area contributed by atoms with Gasteiger partial charge in [-0.05, 0) is 97.1 Å².